The van der Waals surface area contributed by atoms with E-state index in [1.807, 2.05) is 0 Å². The predicted octanol–water partition coefficient (Wildman–Crippen LogP) is 9.84. The Morgan fingerprint density at radius 2 is 1.62 bits per heavy atom. The molecule has 5 aliphatic carbocycles. The summed E-state index contributed by atoms with van der Waals surface area (Å²) in [7, 11) is 1.59. The summed E-state index contributed by atoms with van der Waals surface area (Å²) < 4.78 is 6.60. The largest absolute Gasteiger partial charge is 0.469 e. The maximum atomic E-state index is 14.1. The number of Topliss-reactive ketones (excluding diaryl/α,β-unsaturated/α-hetero) is 1. The van der Waals surface area contributed by atoms with Crippen molar-refractivity contribution in [3.05, 3.63) is 52.0 Å². The SMILES string of the molecule is C=C(C)[C@H]1CC[C@@]2(C(=O)OC)CC[C@]3(C)[C@@H](CC[C@H]4[C@@]5(C)CC(=Cc6ccc(Br)cc6)C(=O)C(C)(C)[C@H]5CC[C@]43C)[C@@H]12. The number of ether oxygens (including phenoxy) is 1. The number of hydrogen-bond acceptors (Lipinski definition) is 3. The zero-order chi connectivity index (χ0) is 30.5. The molecule has 0 N–H and O–H groups in total. The molecule has 0 spiro atoms. The van der Waals surface area contributed by atoms with Crippen molar-refractivity contribution in [3.63, 3.8) is 0 Å². The molecule has 0 aliphatic heterocycles. The van der Waals surface area contributed by atoms with Gasteiger partial charge in [0.25, 0.3) is 0 Å². The summed E-state index contributed by atoms with van der Waals surface area (Å²) in [5.74, 6) is 2.50. The zero-order valence-corrected chi connectivity index (χ0v) is 28.5. The van der Waals surface area contributed by atoms with Crippen LogP contribution in [0.25, 0.3) is 6.08 Å². The lowest BCUT2D eigenvalue weighted by atomic mass is 9.32. The molecule has 5 saturated carbocycles. The Balaban J connectivity index is 1.41. The van der Waals surface area contributed by atoms with Gasteiger partial charge in [0.1, 0.15) is 0 Å². The molecule has 0 heterocycles. The Labute approximate surface area is 262 Å². The van der Waals surface area contributed by atoms with Crippen molar-refractivity contribution >= 4 is 33.8 Å². The van der Waals surface area contributed by atoms with Crippen LogP contribution in [-0.2, 0) is 14.3 Å². The van der Waals surface area contributed by atoms with Gasteiger partial charge in [0.15, 0.2) is 5.78 Å². The maximum Gasteiger partial charge on any atom is 0.312 e. The van der Waals surface area contributed by atoms with Crippen LogP contribution in [0.4, 0.5) is 0 Å². The van der Waals surface area contributed by atoms with E-state index in [-0.39, 0.29) is 33.0 Å². The number of rotatable bonds is 3. The third-order valence-corrected chi connectivity index (χ3v) is 15.0. The highest BCUT2D eigenvalue weighted by atomic mass is 79.9. The van der Waals surface area contributed by atoms with Gasteiger partial charge in [-0.25, -0.2) is 0 Å². The van der Waals surface area contributed by atoms with E-state index in [0.29, 0.717) is 35.4 Å². The molecule has 9 atom stereocenters. The van der Waals surface area contributed by atoms with Crippen LogP contribution in [0.15, 0.2) is 46.5 Å². The van der Waals surface area contributed by atoms with Gasteiger partial charge in [0.05, 0.1) is 12.5 Å². The standard InChI is InChI=1S/C38H51BrO3/c1-23(2)27-15-18-38(33(41)42-8)20-19-36(6)28(31(27)38)13-14-30-35(5)22-25(21-24-9-11-26(39)12-10-24)32(40)34(3,4)29(35)16-17-37(30,36)7/h9-12,21,27-31H,1,13-20,22H2,2-8H3/t27-,28+,29-,30+,31-,35+,36-,37-,38-/m1/s1. The number of halogens is 1. The fourth-order valence-corrected chi connectivity index (χ4v) is 12.7. The molecule has 42 heavy (non-hydrogen) atoms. The smallest absolute Gasteiger partial charge is 0.312 e. The minimum atomic E-state index is -0.379. The molecule has 0 bridgehead atoms. The van der Waals surface area contributed by atoms with E-state index >= 15 is 0 Å². The van der Waals surface area contributed by atoms with Crippen LogP contribution in [0.1, 0.15) is 105 Å². The zero-order valence-electron chi connectivity index (χ0n) is 26.9. The Morgan fingerprint density at radius 3 is 2.26 bits per heavy atom. The van der Waals surface area contributed by atoms with Crippen molar-refractivity contribution in [2.24, 2.45) is 56.7 Å². The number of methoxy groups -OCH3 is 1. The van der Waals surface area contributed by atoms with E-state index in [9.17, 15) is 9.59 Å². The first kappa shape index (κ1) is 30.4. The minimum Gasteiger partial charge on any atom is -0.469 e. The molecule has 228 valence electrons. The highest BCUT2D eigenvalue weighted by molar-refractivity contribution is 9.10. The van der Waals surface area contributed by atoms with Crippen molar-refractivity contribution in [2.75, 3.05) is 7.11 Å². The fourth-order valence-electron chi connectivity index (χ4n) is 12.4. The second-order valence-electron chi connectivity index (χ2n) is 16.3. The van der Waals surface area contributed by atoms with Gasteiger partial charge in [0.2, 0.25) is 0 Å². The highest BCUT2D eigenvalue weighted by Crippen LogP contribution is 2.77. The quantitative estimate of drug-likeness (QED) is 0.189. The normalized spacial score (nSPS) is 44.9. The molecule has 1 aromatic carbocycles. The fraction of sp³-hybridized carbons (Fsp3) is 0.684. The topological polar surface area (TPSA) is 43.4 Å². The molecule has 5 aliphatic rings. The molecule has 0 amide bonds. The molecule has 0 unspecified atom stereocenters. The van der Waals surface area contributed by atoms with Crippen LogP contribution in [0, 0.1) is 56.7 Å². The molecule has 3 nitrogen and oxygen atoms in total. The number of hydrogen-bond donors (Lipinski definition) is 0. The minimum absolute atomic E-state index is 0.0245. The highest BCUT2D eigenvalue weighted by Gasteiger charge is 2.72. The summed E-state index contributed by atoms with van der Waals surface area (Å²) in [6, 6.07) is 8.35. The number of benzene rings is 1. The molecular formula is C38H51BrO3. The van der Waals surface area contributed by atoms with Crippen LogP contribution < -0.4 is 0 Å². The molecular weight excluding hydrogens is 584 g/mol. The monoisotopic (exact) mass is 634 g/mol. The molecule has 4 heteroatoms. The van der Waals surface area contributed by atoms with Gasteiger partial charge in [-0.15, -0.1) is 0 Å². The van der Waals surface area contributed by atoms with Gasteiger partial charge in [-0.3, -0.25) is 9.59 Å². The first-order chi connectivity index (χ1) is 19.7. The summed E-state index contributed by atoms with van der Waals surface area (Å²) >= 11 is 3.56. The Hall–Kier alpha value is -1.68. The molecule has 0 radical (unpaired) electrons. The lowest BCUT2D eigenvalue weighted by Gasteiger charge is -2.72. The molecule has 5 fully saturated rings. The Bertz CT molecular complexity index is 1340. The van der Waals surface area contributed by atoms with Gasteiger partial charge in [-0.2, -0.15) is 0 Å². The molecule has 1 aromatic rings. The maximum absolute atomic E-state index is 14.1. The predicted molar refractivity (Wildman–Crippen MR) is 173 cm³/mol. The average Bonchev–Trinajstić information content (AvgIpc) is 3.34. The van der Waals surface area contributed by atoms with Crippen molar-refractivity contribution < 1.29 is 14.3 Å². The van der Waals surface area contributed by atoms with Crippen molar-refractivity contribution in [1.82, 2.24) is 0 Å². The Kier molecular flexibility index (Phi) is 7.16. The average molecular weight is 636 g/mol. The second kappa shape index (κ2) is 9.91. The Morgan fingerprint density at radius 1 is 0.929 bits per heavy atom. The number of allylic oxidation sites excluding steroid dienone is 2. The number of ketones is 1. The van der Waals surface area contributed by atoms with E-state index in [0.717, 1.165) is 60.6 Å². The summed E-state index contributed by atoms with van der Waals surface area (Å²) in [5.41, 5.74) is 2.98. The van der Waals surface area contributed by atoms with Crippen LogP contribution >= 0.6 is 15.9 Å². The summed E-state index contributed by atoms with van der Waals surface area (Å²) in [5, 5.41) is 0. The van der Waals surface area contributed by atoms with Crippen molar-refractivity contribution in [2.45, 2.75) is 99.3 Å². The number of esters is 1. The van der Waals surface area contributed by atoms with Gasteiger partial charge in [-0.05, 0) is 140 Å². The van der Waals surface area contributed by atoms with Crippen LogP contribution in [-0.4, -0.2) is 18.9 Å². The van der Waals surface area contributed by atoms with E-state index in [1.54, 1.807) is 7.11 Å². The van der Waals surface area contributed by atoms with Gasteiger partial charge in [-0.1, -0.05) is 74.8 Å². The lowest BCUT2D eigenvalue weighted by Crippen LogP contribution is -2.67. The van der Waals surface area contributed by atoms with Crippen LogP contribution in [0.3, 0.4) is 0 Å². The molecule has 6 rings (SSSR count). The van der Waals surface area contributed by atoms with Crippen molar-refractivity contribution in [1.29, 1.82) is 0 Å². The third-order valence-electron chi connectivity index (χ3n) is 14.5. The second-order valence-corrected chi connectivity index (χ2v) is 17.2. The van der Waals surface area contributed by atoms with Crippen molar-refractivity contribution in [3.8, 4) is 0 Å². The first-order valence-electron chi connectivity index (χ1n) is 16.4. The molecule has 0 aromatic heterocycles. The van der Waals surface area contributed by atoms with Gasteiger partial charge >= 0.3 is 5.97 Å². The summed E-state index contributed by atoms with van der Waals surface area (Å²) in [4.78, 5) is 27.6. The van der Waals surface area contributed by atoms with Crippen LogP contribution in [0.5, 0.6) is 0 Å². The first-order valence-corrected chi connectivity index (χ1v) is 17.2. The molecule has 0 saturated heterocycles. The van der Waals surface area contributed by atoms with Crippen LogP contribution in [0.2, 0.25) is 0 Å². The van der Waals surface area contributed by atoms with Gasteiger partial charge in [0, 0.05) is 9.89 Å². The lowest BCUT2D eigenvalue weighted by molar-refractivity contribution is -0.232. The summed E-state index contributed by atoms with van der Waals surface area (Å²) in [6.45, 7) is 18.8. The number of carbonyl (C=O) groups is 2. The third kappa shape index (κ3) is 3.94. The number of fused-ring (bicyclic) bond motifs is 7. The number of carbonyl (C=O) groups excluding carboxylic acids is 2. The van der Waals surface area contributed by atoms with E-state index in [2.05, 4.69) is 94.4 Å². The van der Waals surface area contributed by atoms with E-state index in [4.69, 9.17) is 4.74 Å². The van der Waals surface area contributed by atoms with E-state index in [1.165, 1.54) is 18.4 Å². The van der Waals surface area contributed by atoms with Gasteiger partial charge < -0.3 is 4.74 Å². The van der Waals surface area contributed by atoms with E-state index < -0.39 is 0 Å². The summed E-state index contributed by atoms with van der Waals surface area (Å²) in [6.07, 6.45) is 11.7.